The fraction of sp³-hybridized carbons (Fsp3) is 0.333. The molecule has 1 heterocycles. The zero-order chi connectivity index (χ0) is 15.2. The molecule has 1 unspecified atom stereocenters. The zero-order valence-electron chi connectivity index (χ0n) is 12.0. The lowest BCUT2D eigenvalue weighted by molar-refractivity contribution is -0.142. The summed E-state index contributed by atoms with van der Waals surface area (Å²) < 4.78 is 10.3. The largest absolute Gasteiger partial charge is 0.487 e. The fourth-order valence-electron chi connectivity index (χ4n) is 1.84. The minimum absolute atomic E-state index is 0.408. The van der Waals surface area contributed by atoms with Crippen LogP contribution in [0.25, 0.3) is 0 Å². The Bertz CT molecular complexity index is 595. The van der Waals surface area contributed by atoms with Crippen LogP contribution >= 0.6 is 11.3 Å². The summed E-state index contributed by atoms with van der Waals surface area (Å²) in [7, 11) is 1.33. The molecule has 2 aromatic rings. The zero-order valence-corrected chi connectivity index (χ0v) is 12.9. The first-order chi connectivity index (χ1) is 10.1. The van der Waals surface area contributed by atoms with E-state index in [1.54, 1.807) is 11.3 Å². The Labute approximate surface area is 127 Å². The fourth-order valence-corrected chi connectivity index (χ4v) is 2.44. The predicted octanol–water partition coefficient (Wildman–Crippen LogP) is 2.07. The van der Waals surface area contributed by atoms with E-state index in [2.05, 4.69) is 9.72 Å². The first-order valence-corrected chi connectivity index (χ1v) is 7.42. The standard InChI is InChI=1S/C15H18N2O3S/c1-10-17-12(9-21-10)8-20-13-5-3-11(4-6-13)7-14(16)15(18)19-2/h3-6,9,14H,7-8,16H2,1-2H3. The molecule has 1 aromatic heterocycles. The van der Waals surface area contributed by atoms with Crippen LogP contribution in [0, 0.1) is 6.92 Å². The Hall–Kier alpha value is -1.92. The molecule has 0 aliphatic rings. The highest BCUT2D eigenvalue weighted by molar-refractivity contribution is 7.09. The number of rotatable bonds is 6. The summed E-state index contributed by atoms with van der Waals surface area (Å²) in [6, 6.07) is 6.87. The van der Waals surface area contributed by atoms with E-state index >= 15 is 0 Å². The number of ether oxygens (including phenoxy) is 2. The van der Waals surface area contributed by atoms with Crippen molar-refractivity contribution in [2.45, 2.75) is 26.0 Å². The number of benzene rings is 1. The van der Waals surface area contributed by atoms with E-state index in [-0.39, 0.29) is 0 Å². The van der Waals surface area contributed by atoms with Gasteiger partial charge in [0.25, 0.3) is 0 Å². The van der Waals surface area contributed by atoms with Crippen molar-refractivity contribution in [3.05, 3.63) is 45.9 Å². The minimum atomic E-state index is -0.639. The van der Waals surface area contributed by atoms with Gasteiger partial charge in [0, 0.05) is 5.38 Å². The van der Waals surface area contributed by atoms with Crippen LogP contribution in [-0.4, -0.2) is 24.1 Å². The second-order valence-electron chi connectivity index (χ2n) is 4.62. The molecule has 21 heavy (non-hydrogen) atoms. The van der Waals surface area contributed by atoms with Gasteiger partial charge in [-0.25, -0.2) is 4.98 Å². The molecule has 6 heteroatoms. The van der Waals surface area contributed by atoms with Crippen LogP contribution in [0.1, 0.15) is 16.3 Å². The Kier molecular flexibility index (Phi) is 5.30. The lowest BCUT2D eigenvalue weighted by atomic mass is 10.1. The van der Waals surface area contributed by atoms with Gasteiger partial charge in [0.15, 0.2) is 0 Å². The van der Waals surface area contributed by atoms with E-state index in [0.717, 1.165) is 22.0 Å². The van der Waals surface area contributed by atoms with Crippen LogP contribution in [0.4, 0.5) is 0 Å². The van der Waals surface area contributed by atoms with E-state index in [1.165, 1.54) is 7.11 Å². The van der Waals surface area contributed by atoms with Gasteiger partial charge in [-0.15, -0.1) is 11.3 Å². The topological polar surface area (TPSA) is 74.4 Å². The highest BCUT2D eigenvalue weighted by Gasteiger charge is 2.14. The third-order valence-corrected chi connectivity index (χ3v) is 3.76. The maximum absolute atomic E-state index is 11.3. The van der Waals surface area contributed by atoms with Crippen molar-refractivity contribution >= 4 is 17.3 Å². The molecule has 0 aliphatic carbocycles. The summed E-state index contributed by atoms with van der Waals surface area (Å²) in [4.78, 5) is 15.6. The molecule has 5 nitrogen and oxygen atoms in total. The molecule has 0 fully saturated rings. The van der Waals surface area contributed by atoms with Gasteiger partial charge >= 0.3 is 5.97 Å². The molecule has 1 atom stereocenters. The van der Waals surface area contributed by atoms with Gasteiger partial charge in [-0.2, -0.15) is 0 Å². The number of hydrogen-bond acceptors (Lipinski definition) is 6. The quantitative estimate of drug-likeness (QED) is 0.827. The molecule has 2 N–H and O–H groups in total. The van der Waals surface area contributed by atoms with Crippen molar-refractivity contribution in [2.75, 3.05) is 7.11 Å². The number of nitrogens with two attached hydrogens (primary N) is 1. The van der Waals surface area contributed by atoms with Gasteiger partial charge in [-0.1, -0.05) is 12.1 Å². The van der Waals surface area contributed by atoms with E-state index in [9.17, 15) is 4.79 Å². The third kappa shape index (κ3) is 4.54. The maximum Gasteiger partial charge on any atom is 0.322 e. The van der Waals surface area contributed by atoms with Crippen LogP contribution in [0.3, 0.4) is 0 Å². The summed E-state index contributed by atoms with van der Waals surface area (Å²) in [5.41, 5.74) is 7.61. The maximum atomic E-state index is 11.3. The van der Waals surface area contributed by atoms with Crippen molar-refractivity contribution in [1.29, 1.82) is 0 Å². The number of aryl methyl sites for hydroxylation is 1. The van der Waals surface area contributed by atoms with E-state index in [4.69, 9.17) is 10.5 Å². The number of carbonyl (C=O) groups excluding carboxylic acids is 1. The van der Waals surface area contributed by atoms with Gasteiger partial charge in [0.2, 0.25) is 0 Å². The Balaban J connectivity index is 1.88. The van der Waals surface area contributed by atoms with E-state index < -0.39 is 12.0 Å². The summed E-state index contributed by atoms with van der Waals surface area (Å²) in [5, 5.41) is 3.01. The molecule has 0 amide bonds. The summed E-state index contributed by atoms with van der Waals surface area (Å²) >= 11 is 1.60. The van der Waals surface area contributed by atoms with E-state index in [0.29, 0.717) is 13.0 Å². The lowest BCUT2D eigenvalue weighted by Crippen LogP contribution is -2.33. The number of hydrogen-bond donors (Lipinski definition) is 1. The van der Waals surface area contributed by atoms with Gasteiger partial charge < -0.3 is 15.2 Å². The summed E-state index contributed by atoms with van der Waals surface area (Å²) in [6.07, 6.45) is 0.443. The average molecular weight is 306 g/mol. The molecule has 112 valence electrons. The number of carbonyl (C=O) groups is 1. The van der Waals surface area contributed by atoms with Gasteiger partial charge in [-0.3, -0.25) is 4.79 Å². The molecular weight excluding hydrogens is 288 g/mol. The first-order valence-electron chi connectivity index (χ1n) is 6.54. The van der Waals surface area contributed by atoms with Crippen LogP contribution in [0.5, 0.6) is 5.75 Å². The summed E-state index contributed by atoms with van der Waals surface area (Å²) in [5.74, 6) is 0.352. The molecule has 0 saturated carbocycles. The van der Waals surface area contributed by atoms with Crippen molar-refractivity contribution in [1.82, 2.24) is 4.98 Å². The van der Waals surface area contributed by atoms with Crippen LogP contribution in [0.15, 0.2) is 29.6 Å². The molecule has 1 aromatic carbocycles. The van der Waals surface area contributed by atoms with Gasteiger partial charge in [0.05, 0.1) is 17.8 Å². The van der Waals surface area contributed by atoms with Crippen molar-refractivity contribution in [3.63, 3.8) is 0 Å². The highest BCUT2D eigenvalue weighted by Crippen LogP contribution is 2.16. The third-order valence-electron chi connectivity index (χ3n) is 2.94. The average Bonchev–Trinajstić information content (AvgIpc) is 2.91. The SMILES string of the molecule is COC(=O)C(N)Cc1ccc(OCc2csc(C)n2)cc1. The number of methoxy groups -OCH3 is 1. The molecule has 0 bridgehead atoms. The molecule has 0 aliphatic heterocycles. The van der Waals surface area contributed by atoms with E-state index in [1.807, 2.05) is 36.6 Å². The Morgan fingerprint density at radius 1 is 1.38 bits per heavy atom. The molecule has 0 radical (unpaired) electrons. The van der Waals surface area contributed by atoms with Crippen LogP contribution in [0.2, 0.25) is 0 Å². The number of aromatic nitrogens is 1. The Morgan fingerprint density at radius 3 is 2.67 bits per heavy atom. The van der Waals surface area contributed by atoms with Crippen LogP contribution < -0.4 is 10.5 Å². The van der Waals surface area contributed by atoms with Gasteiger partial charge in [0.1, 0.15) is 18.4 Å². The number of nitrogens with zero attached hydrogens (tertiary/aromatic N) is 1. The minimum Gasteiger partial charge on any atom is -0.487 e. The number of esters is 1. The highest BCUT2D eigenvalue weighted by atomic mass is 32.1. The number of thiazole rings is 1. The second kappa shape index (κ2) is 7.19. The van der Waals surface area contributed by atoms with Crippen molar-refractivity contribution in [3.8, 4) is 5.75 Å². The molecule has 2 rings (SSSR count). The normalized spacial score (nSPS) is 12.0. The molecular formula is C15H18N2O3S. The smallest absolute Gasteiger partial charge is 0.322 e. The monoisotopic (exact) mass is 306 g/mol. The second-order valence-corrected chi connectivity index (χ2v) is 5.69. The predicted molar refractivity (Wildman–Crippen MR) is 81.3 cm³/mol. The van der Waals surface area contributed by atoms with Gasteiger partial charge in [-0.05, 0) is 31.0 Å². The van der Waals surface area contributed by atoms with Crippen molar-refractivity contribution < 1.29 is 14.3 Å². The lowest BCUT2D eigenvalue weighted by Gasteiger charge is -2.10. The summed E-state index contributed by atoms with van der Waals surface area (Å²) in [6.45, 7) is 2.42. The first kappa shape index (κ1) is 15.5. The molecule has 0 spiro atoms. The Morgan fingerprint density at radius 2 is 2.10 bits per heavy atom. The van der Waals surface area contributed by atoms with Crippen LogP contribution in [-0.2, 0) is 22.6 Å². The van der Waals surface area contributed by atoms with Crippen molar-refractivity contribution in [2.24, 2.45) is 5.73 Å². The molecule has 0 saturated heterocycles.